The number of carbonyl (C=O) groups is 1. The fourth-order valence-corrected chi connectivity index (χ4v) is 4.60. The third kappa shape index (κ3) is 4.93. The Balaban J connectivity index is 1.53. The van der Waals surface area contributed by atoms with Gasteiger partial charge in [-0.05, 0) is 48.0 Å². The Morgan fingerprint density at radius 2 is 1.84 bits per heavy atom. The highest BCUT2D eigenvalue weighted by atomic mass is 35.5. The molecule has 8 heteroatoms. The van der Waals surface area contributed by atoms with Crippen LogP contribution in [0.3, 0.4) is 0 Å². The number of rotatable bonds is 5. The fraction of sp³-hybridized carbons (Fsp3) is 0.0435. The molecule has 0 N–H and O–H groups in total. The van der Waals surface area contributed by atoms with E-state index in [9.17, 15) is 9.18 Å². The zero-order valence-corrected chi connectivity index (χ0v) is 19.0. The molecule has 0 bridgehead atoms. The molecule has 31 heavy (non-hydrogen) atoms. The van der Waals surface area contributed by atoms with Crippen LogP contribution < -0.4 is 9.64 Å². The van der Waals surface area contributed by atoms with Gasteiger partial charge in [0.05, 0.1) is 15.6 Å². The average molecular weight is 490 g/mol. The molecule has 3 aromatic carbocycles. The largest absolute Gasteiger partial charge is 0.489 e. The molecule has 1 saturated heterocycles. The van der Waals surface area contributed by atoms with Crippen LogP contribution in [0.1, 0.15) is 11.1 Å². The topological polar surface area (TPSA) is 29.5 Å². The minimum atomic E-state index is -0.556. The number of thiocarbonyl (C=S) groups is 1. The molecule has 0 radical (unpaired) electrons. The molecule has 3 aromatic rings. The van der Waals surface area contributed by atoms with E-state index in [0.29, 0.717) is 32.3 Å². The van der Waals surface area contributed by atoms with Gasteiger partial charge in [0, 0.05) is 10.6 Å². The lowest BCUT2D eigenvalue weighted by atomic mass is 10.2. The molecule has 0 saturated carbocycles. The van der Waals surface area contributed by atoms with E-state index in [2.05, 4.69) is 0 Å². The number of thioether (sulfide) groups is 1. The van der Waals surface area contributed by atoms with Crippen molar-refractivity contribution in [1.29, 1.82) is 0 Å². The molecule has 0 atom stereocenters. The van der Waals surface area contributed by atoms with Gasteiger partial charge in [0.25, 0.3) is 5.91 Å². The van der Waals surface area contributed by atoms with Crippen molar-refractivity contribution >= 4 is 69.2 Å². The van der Waals surface area contributed by atoms with Gasteiger partial charge in [-0.3, -0.25) is 9.69 Å². The molecule has 4 rings (SSSR count). The SMILES string of the molecule is O=C1/C(=C\c2cccc(OCc3ccccc3Cl)c2)SC(=S)N1c1ccc(F)c(Cl)c1. The first-order valence-corrected chi connectivity index (χ1v) is 11.1. The van der Waals surface area contributed by atoms with Crippen molar-refractivity contribution in [2.24, 2.45) is 0 Å². The van der Waals surface area contributed by atoms with Gasteiger partial charge in [-0.1, -0.05) is 77.5 Å². The molecule has 0 spiro atoms. The van der Waals surface area contributed by atoms with E-state index in [1.165, 1.54) is 34.9 Å². The summed E-state index contributed by atoms with van der Waals surface area (Å²) in [6.07, 6.45) is 1.74. The second kappa shape index (κ2) is 9.40. The highest BCUT2D eigenvalue weighted by Gasteiger charge is 2.33. The van der Waals surface area contributed by atoms with E-state index in [-0.39, 0.29) is 10.9 Å². The van der Waals surface area contributed by atoms with Crippen molar-refractivity contribution in [3.05, 3.63) is 98.6 Å². The molecule has 0 aliphatic carbocycles. The molecule has 156 valence electrons. The molecular weight excluding hydrogens is 476 g/mol. The van der Waals surface area contributed by atoms with Crippen LogP contribution in [-0.4, -0.2) is 10.2 Å². The molecule has 1 amide bonds. The normalized spacial score (nSPS) is 15.1. The van der Waals surface area contributed by atoms with E-state index in [1.54, 1.807) is 6.08 Å². The Labute approximate surface area is 198 Å². The Morgan fingerprint density at radius 1 is 1.03 bits per heavy atom. The van der Waals surface area contributed by atoms with Gasteiger partial charge >= 0.3 is 0 Å². The lowest BCUT2D eigenvalue weighted by Gasteiger charge is -2.14. The Morgan fingerprint density at radius 3 is 2.61 bits per heavy atom. The zero-order chi connectivity index (χ0) is 22.0. The maximum absolute atomic E-state index is 13.5. The minimum Gasteiger partial charge on any atom is -0.489 e. The fourth-order valence-electron chi connectivity index (χ4n) is 2.94. The Kier molecular flexibility index (Phi) is 6.62. The first-order valence-electron chi connectivity index (χ1n) is 9.11. The van der Waals surface area contributed by atoms with Crippen LogP contribution in [0.15, 0.2) is 71.6 Å². The number of ether oxygens (including phenoxy) is 1. The summed E-state index contributed by atoms with van der Waals surface area (Å²) in [5.41, 5.74) is 2.09. The highest BCUT2D eigenvalue weighted by Crippen LogP contribution is 2.37. The number of amides is 1. The molecule has 0 aromatic heterocycles. The second-order valence-corrected chi connectivity index (χ2v) is 9.06. The standard InChI is InChI=1S/C23H14Cl2FNO2S2/c24-18-7-2-1-5-15(18)13-29-17-6-3-4-14(10-17)11-21-22(28)27(23(30)31-21)16-8-9-20(26)19(25)12-16/h1-12H,13H2/b21-11+. The molecule has 0 unspecified atom stereocenters. The van der Waals surface area contributed by atoms with Crippen LogP contribution in [0.2, 0.25) is 10.0 Å². The molecule has 3 nitrogen and oxygen atoms in total. The van der Waals surface area contributed by atoms with Crippen molar-refractivity contribution in [2.45, 2.75) is 6.61 Å². The summed E-state index contributed by atoms with van der Waals surface area (Å²) >= 11 is 18.6. The second-order valence-electron chi connectivity index (χ2n) is 6.57. The number of halogens is 3. The monoisotopic (exact) mass is 489 g/mol. The number of nitrogens with zero attached hydrogens (tertiary/aromatic N) is 1. The summed E-state index contributed by atoms with van der Waals surface area (Å²) in [4.78, 5) is 14.7. The van der Waals surface area contributed by atoms with Crippen molar-refractivity contribution in [3.63, 3.8) is 0 Å². The minimum absolute atomic E-state index is 0.0705. The van der Waals surface area contributed by atoms with Crippen LogP contribution in [0, 0.1) is 5.82 Å². The van der Waals surface area contributed by atoms with Crippen LogP contribution >= 0.6 is 47.2 Å². The van der Waals surface area contributed by atoms with Gasteiger partial charge in [0.2, 0.25) is 0 Å². The first-order chi connectivity index (χ1) is 14.9. The zero-order valence-electron chi connectivity index (χ0n) is 15.8. The van der Waals surface area contributed by atoms with Gasteiger partial charge in [0.15, 0.2) is 4.32 Å². The summed E-state index contributed by atoms with van der Waals surface area (Å²) in [6, 6.07) is 18.9. The van der Waals surface area contributed by atoms with Gasteiger partial charge in [-0.25, -0.2) is 4.39 Å². The smallest absolute Gasteiger partial charge is 0.270 e. The Hall–Kier alpha value is -2.38. The maximum Gasteiger partial charge on any atom is 0.270 e. The van der Waals surface area contributed by atoms with Crippen LogP contribution in [-0.2, 0) is 11.4 Å². The van der Waals surface area contributed by atoms with Crippen molar-refractivity contribution in [1.82, 2.24) is 0 Å². The molecule has 1 heterocycles. The molecular formula is C23H14Cl2FNO2S2. The molecule has 1 aliphatic heterocycles. The Bertz CT molecular complexity index is 1220. The van der Waals surface area contributed by atoms with Gasteiger partial charge in [-0.2, -0.15) is 0 Å². The maximum atomic E-state index is 13.5. The van der Waals surface area contributed by atoms with Crippen LogP contribution in [0.4, 0.5) is 10.1 Å². The van der Waals surface area contributed by atoms with Crippen LogP contribution in [0.5, 0.6) is 5.75 Å². The van der Waals surface area contributed by atoms with Crippen molar-refractivity contribution in [2.75, 3.05) is 4.90 Å². The number of carbonyl (C=O) groups excluding carboxylic acids is 1. The third-order valence-electron chi connectivity index (χ3n) is 4.46. The lowest BCUT2D eigenvalue weighted by molar-refractivity contribution is -0.113. The van der Waals surface area contributed by atoms with Gasteiger partial charge in [0.1, 0.15) is 18.2 Å². The van der Waals surface area contributed by atoms with Gasteiger partial charge in [-0.15, -0.1) is 0 Å². The molecule has 1 aliphatic rings. The summed E-state index contributed by atoms with van der Waals surface area (Å²) in [6.45, 7) is 0.330. The van der Waals surface area contributed by atoms with E-state index in [0.717, 1.165) is 11.1 Å². The van der Waals surface area contributed by atoms with Crippen molar-refractivity contribution in [3.8, 4) is 5.75 Å². The molecule has 1 fully saturated rings. The predicted molar refractivity (Wildman–Crippen MR) is 129 cm³/mol. The number of benzene rings is 3. The quantitative estimate of drug-likeness (QED) is 0.282. The highest BCUT2D eigenvalue weighted by molar-refractivity contribution is 8.27. The van der Waals surface area contributed by atoms with E-state index < -0.39 is 5.82 Å². The summed E-state index contributed by atoms with van der Waals surface area (Å²) in [5.74, 6) is -0.200. The third-order valence-corrected chi connectivity index (χ3v) is 6.42. The van der Waals surface area contributed by atoms with Gasteiger partial charge < -0.3 is 4.74 Å². The van der Waals surface area contributed by atoms with Crippen molar-refractivity contribution < 1.29 is 13.9 Å². The number of anilines is 1. The number of hydrogen-bond donors (Lipinski definition) is 0. The number of hydrogen-bond acceptors (Lipinski definition) is 4. The summed E-state index contributed by atoms with van der Waals surface area (Å²) < 4.78 is 19.7. The van der Waals surface area contributed by atoms with Crippen LogP contribution in [0.25, 0.3) is 6.08 Å². The summed E-state index contributed by atoms with van der Waals surface area (Å²) in [7, 11) is 0. The average Bonchev–Trinajstić information content (AvgIpc) is 3.03. The van der Waals surface area contributed by atoms with E-state index >= 15 is 0 Å². The first kappa shape index (κ1) is 21.8. The van der Waals surface area contributed by atoms with E-state index in [4.69, 9.17) is 40.2 Å². The van der Waals surface area contributed by atoms with E-state index in [1.807, 2.05) is 48.5 Å². The summed E-state index contributed by atoms with van der Waals surface area (Å²) in [5, 5.41) is 0.571. The lowest BCUT2D eigenvalue weighted by Crippen LogP contribution is -2.27. The predicted octanol–water partition coefficient (Wildman–Crippen LogP) is 7.12.